The number of likely N-dealkylation sites (N-methyl/N-ethyl adjacent to an activating group) is 2. The van der Waals surface area contributed by atoms with Crippen LogP contribution in [0.2, 0.25) is 0 Å². The molecule has 3 heteroatoms. The Morgan fingerprint density at radius 1 is 1.22 bits per heavy atom. The summed E-state index contributed by atoms with van der Waals surface area (Å²) in [5.74, 6) is 0.197. The molecule has 0 aromatic heterocycles. The molecule has 0 saturated heterocycles. The average molecular weight is 248 g/mol. The molecule has 0 fully saturated rings. The van der Waals surface area contributed by atoms with E-state index in [1.807, 2.05) is 30.3 Å². The van der Waals surface area contributed by atoms with Crippen molar-refractivity contribution in [1.29, 1.82) is 0 Å². The molecule has 1 atom stereocenters. The molecule has 0 aliphatic carbocycles. The Balaban J connectivity index is 2.60. The number of rotatable bonds is 7. The van der Waals surface area contributed by atoms with Gasteiger partial charge >= 0.3 is 0 Å². The lowest BCUT2D eigenvalue weighted by Crippen LogP contribution is -2.42. The molecular formula is C15H24N2O. The summed E-state index contributed by atoms with van der Waals surface area (Å²) in [4.78, 5) is 16.5. The summed E-state index contributed by atoms with van der Waals surface area (Å²) in [6.07, 6.45) is 0. The molecule has 0 saturated carbocycles. The number of nitrogens with zero attached hydrogens (tertiary/aromatic N) is 2. The minimum atomic E-state index is 0.197. The van der Waals surface area contributed by atoms with Gasteiger partial charge in [-0.2, -0.15) is 0 Å². The number of benzene rings is 1. The van der Waals surface area contributed by atoms with E-state index in [1.165, 1.54) is 0 Å². The topological polar surface area (TPSA) is 23.6 Å². The highest BCUT2D eigenvalue weighted by molar-refractivity contribution is 5.97. The third-order valence-electron chi connectivity index (χ3n) is 3.10. The Morgan fingerprint density at radius 2 is 1.83 bits per heavy atom. The smallest absolute Gasteiger partial charge is 0.176 e. The Labute approximate surface area is 110 Å². The molecule has 0 amide bonds. The van der Waals surface area contributed by atoms with Crippen molar-refractivity contribution in [2.75, 3.05) is 33.7 Å². The van der Waals surface area contributed by atoms with Crippen LogP contribution in [0.5, 0.6) is 0 Å². The molecule has 0 aliphatic rings. The van der Waals surface area contributed by atoms with Crippen molar-refractivity contribution < 1.29 is 4.79 Å². The first-order valence-electron chi connectivity index (χ1n) is 6.51. The van der Waals surface area contributed by atoms with Gasteiger partial charge in [0.05, 0.1) is 6.54 Å². The molecule has 100 valence electrons. The Kier molecular flexibility index (Phi) is 6.02. The fourth-order valence-electron chi connectivity index (χ4n) is 2.12. The van der Waals surface area contributed by atoms with Crippen LogP contribution in [-0.2, 0) is 0 Å². The lowest BCUT2D eigenvalue weighted by atomic mass is 10.1. The van der Waals surface area contributed by atoms with Crippen LogP contribution in [0.25, 0.3) is 0 Å². The molecule has 0 aliphatic heterocycles. The number of carbonyl (C=O) groups excluding carboxylic acids is 1. The minimum absolute atomic E-state index is 0.197. The van der Waals surface area contributed by atoms with Gasteiger partial charge in [0.25, 0.3) is 0 Å². The van der Waals surface area contributed by atoms with Crippen molar-refractivity contribution in [2.45, 2.75) is 19.9 Å². The number of ketones is 1. The molecule has 0 spiro atoms. The van der Waals surface area contributed by atoms with Gasteiger partial charge in [-0.3, -0.25) is 9.69 Å². The maximum absolute atomic E-state index is 12.1. The Hall–Kier alpha value is -1.19. The third kappa shape index (κ3) is 4.59. The van der Waals surface area contributed by atoms with Gasteiger partial charge in [0, 0.05) is 18.2 Å². The average Bonchev–Trinajstić information content (AvgIpc) is 2.35. The predicted molar refractivity (Wildman–Crippen MR) is 76.0 cm³/mol. The van der Waals surface area contributed by atoms with Crippen LogP contribution >= 0.6 is 0 Å². The van der Waals surface area contributed by atoms with Crippen LogP contribution < -0.4 is 0 Å². The van der Waals surface area contributed by atoms with Gasteiger partial charge in [0.2, 0.25) is 0 Å². The van der Waals surface area contributed by atoms with Gasteiger partial charge in [-0.15, -0.1) is 0 Å². The lowest BCUT2D eigenvalue weighted by molar-refractivity contribution is 0.0888. The van der Waals surface area contributed by atoms with Gasteiger partial charge < -0.3 is 4.90 Å². The zero-order valence-corrected chi connectivity index (χ0v) is 11.9. The molecule has 0 N–H and O–H groups in total. The van der Waals surface area contributed by atoms with Crippen LogP contribution in [0.4, 0.5) is 0 Å². The minimum Gasteiger partial charge on any atom is -0.308 e. The standard InChI is InChI=1S/C15H24N2O/c1-5-17(13(2)11-16(3)4)12-15(18)14-9-7-6-8-10-14/h6-10,13H,5,11-12H2,1-4H3. The summed E-state index contributed by atoms with van der Waals surface area (Å²) < 4.78 is 0. The molecule has 18 heavy (non-hydrogen) atoms. The molecule has 1 aromatic carbocycles. The first-order chi connectivity index (χ1) is 8.54. The molecule has 3 nitrogen and oxygen atoms in total. The molecule has 1 rings (SSSR count). The van der Waals surface area contributed by atoms with E-state index >= 15 is 0 Å². The van der Waals surface area contributed by atoms with Crippen molar-refractivity contribution in [2.24, 2.45) is 0 Å². The van der Waals surface area contributed by atoms with E-state index in [-0.39, 0.29) is 5.78 Å². The van der Waals surface area contributed by atoms with Crippen molar-refractivity contribution in [3.63, 3.8) is 0 Å². The molecule has 1 unspecified atom stereocenters. The monoisotopic (exact) mass is 248 g/mol. The van der Waals surface area contributed by atoms with Gasteiger partial charge in [-0.25, -0.2) is 0 Å². The summed E-state index contributed by atoms with van der Waals surface area (Å²) in [6, 6.07) is 9.90. The van der Waals surface area contributed by atoms with E-state index in [0.29, 0.717) is 12.6 Å². The van der Waals surface area contributed by atoms with E-state index in [1.54, 1.807) is 0 Å². The second kappa shape index (κ2) is 7.29. The lowest BCUT2D eigenvalue weighted by Gasteiger charge is -2.29. The van der Waals surface area contributed by atoms with Gasteiger partial charge in [0.1, 0.15) is 0 Å². The van der Waals surface area contributed by atoms with E-state index in [4.69, 9.17) is 0 Å². The maximum atomic E-state index is 12.1. The van der Waals surface area contributed by atoms with E-state index in [2.05, 4.69) is 37.7 Å². The number of Topliss-reactive ketones (excluding diaryl/α,β-unsaturated/α-hetero) is 1. The summed E-state index contributed by atoms with van der Waals surface area (Å²) >= 11 is 0. The van der Waals surface area contributed by atoms with Crippen molar-refractivity contribution in [3.8, 4) is 0 Å². The molecule has 1 aromatic rings. The van der Waals surface area contributed by atoms with Crippen molar-refractivity contribution in [3.05, 3.63) is 35.9 Å². The SMILES string of the molecule is CCN(CC(=O)c1ccccc1)C(C)CN(C)C. The van der Waals surface area contributed by atoms with Crippen molar-refractivity contribution >= 4 is 5.78 Å². The molecule has 0 bridgehead atoms. The number of hydrogen-bond acceptors (Lipinski definition) is 3. The summed E-state index contributed by atoms with van der Waals surface area (Å²) in [5, 5.41) is 0. The first kappa shape index (κ1) is 14.9. The predicted octanol–water partition coefficient (Wildman–Crippen LogP) is 2.14. The van der Waals surface area contributed by atoms with Crippen LogP contribution in [0, 0.1) is 0 Å². The van der Waals surface area contributed by atoms with E-state index < -0.39 is 0 Å². The normalized spacial score (nSPS) is 13.0. The fraction of sp³-hybridized carbons (Fsp3) is 0.533. The first-order valence-corrected chi connectivity index (χ1v) is 6.51. The van der Waals surface area contributed by atoms with Gasteiger partial charge in [-0.05, 0) is 27.6 Å². The molecular weight excluding hydrogens is 224 g/mol. The second-order valence-electron chi connectivity index (χ2n) is 4.96. The number of carbonyl (C=O) groups is 1. The zero-order valence-electron chi connectivity index (χ0n) is 11.9. The molecule has 0 heterocycles. The van der Waals surface area contributed by atoms with Crippen LogP contribution in [0.15, 0.2) is 30.3 Å². The second-order valence-corrected chi connectivity index (χ2v) is 4.96. The van der Waals surface area contributed by atoms with Crippen molar-refractivity contribution in [1.82, 2.24) is 9.80 Å². The van der Waals surface area contributed by atoms with E-state index in [0.717, 1.165) is 18.7 Å². The van der Waals surface area contributed by atoms with Crippen LogP contribution in [-0.4, -0.2) is 55.4 Å². The van der Waals surface area contributed by atoms with Gasteiger partial charge in [0.15, 0.2) is 5.78 Å². The Bertz CT molecular complexity index is 362. The summed E-state index contributed by atoms with van der Waals surface area (Å²) in [6.45, 7) is 6.63. The highest BCUT2D eigenvalue weighted by atomic mass is 16.1. The quantitative estimate of drug-likeness (QED) is 0.691. The largest absolute Gasteiger partial charge is 0.308 e. The maximum Gasteiger partial charge on any atom is 0.176 e. The van der Waals surface area contributed by atoms with E-state index in [9.17, 15) is 4.79 Å². The fourth-order valence-corrected chi connectivity index (χ4v) is 2.12. The van der Waals surface area contributed by atoms with Gasteiger partial charge in [-0.1, -0.05) is 37.3 Å². The highest BCUT2D eigenvalue weighted by Crippen LogP contribution is 2.05. The number of hydrogen-bond donors (Lipinski definition) is 0. The van der Waals surface area contributed by atoms with Crippen LogP contribution in [0.1, 0.15) is 24.2 Å². The Morgan fingerprint density at radius 3 is 2.33 bits per heavy atom. The third-order valence-corrected chi connectivity index (χ3v) is 3.10. The summed E-state index contributed by atoms with van der Waals surface area (Å²) in [5.41, 5.74) is 0.799. The zero-order chi connectivity index (χ0) is 13.5. The van der Waals surface area contributed by atoms with Crippen LogP contribution in [0.3, 0.4) is 0 Å². The highest BCUT2D eigenvalue weighted by Gasteiger charge is 2.16. The molecule has 0 radical (unpaired) electrons. The summed E-state index contributed by atoms with van der Waals surface area (Å²) in [7, 11) is 4.12.